The van der Waals surface area contributed by atoms with Crippen molar-refractivity contribution in [2.24, 2.45) is 4.99 Å². The quantitative estimate of drug-likeness (QED) is 0.361. The van der Waals surface area contributed by atoms with Crippen molar-refractivity contribution in [2.75, 3.05) is 11.4 Å². The molecule has 34 heavy (non-hydrogen) atoms. The number of esters is 1. The third-order valence-corrected chi connectivity index (χ3v) is 7.29. The maximum absolute atomic E-state index is 13.5. The van der Waals surface area contributed by atoms with Gasteiger partial charge >= 0.3 is 5.97 Å². The smallest absolute Gasteiger partial charge is 0.343 e. The molecule has 0 amide bonds. The zero-order chi connectivity index (χ0) is 23.6. The molecular weight excluding hydrogens is 432 g/mol. The number of aromatic nitrogens is 2. The molecule has 0 spiro atoms. The number of unbranched alkanes of at least 4 members (excludes halogenated alkanes) is 2. The Bertz CT molecular complexity index is 1460. The van der Waals surface area contributed by atoms with Gasteiger partial charge in [0, 0.05) is 17.7 Å². The van der Waals surface area contributed by atoms with E-state index in [0.29, 0.717) is 29.1 Å². The van der Waals surface area contributed by atoms with Crippen LogP contribution in [0.2, 0.25) is 0 Å². The molecule has 6 rings (SSSR count). The number of hydrogen-bond donors (Lipinski definition) is 1. The van der Waals surface area contributed by atoms with Crippen LogP contribution in [-0.4, -0.2) is 33.5 Å². The van der Waals surface area contributed by atoms with E-state index >= 15 is 0 Å². The molecular formula is C26H26N4O4. The van der Waals surface area contributed by atoms with Crippen molar-refractivity contribution in [2.45, 2.75) is 58.3 Å². The lowest BCUT2D eigenvalue weighted by atomic mass is 9.86. The lowest BCUT2D eigenvalue weighted by Gasteiger charge is -2.31. The number of pyridine rings is 2. The van der Waals surface area contributed by atoms with Crippen LogP contribution in [0, 0.1) is 0 Å². The maximum atomic E-state index is 13.5. The summed E-state index contributed by atoms with van der Waals surface area (Å²) in [5.74, 6) is -0.713. The van der Waals surface area contributed by atoms with Crippen molar-refractivity contribution in [3.63, 3.8) is 0 Å². The van der Waals surface area contributed by atoms with Gasteiger partial charge in [-0.2, -0.15) is 0 Å². The van der Waals surface area contributed by atoms with E-state index in [1.807, 2.05) is 24.5 Å². The lowest BCUT2D eigenvalue weighted by Crippen LogP contribution is -2.44. The highest BCUT2D eigenvalue weighted by molar-refractivity contribution is 6.11. The van der Waals surface area contributed by atoms with Crippen LogP contribution in [-0.2, 0) is 28.3 Å². The second-order valence-corrected chi connectivity index (χ2v) is 9.21. The molecule has 0 unspecified atom stereocenters. The molecule has 8 heteroatoms. The molecule has 3 aliphatic rings. The minimum absolute atomic E-state index is 0.121. The number of carbonyl (C=O) groups excluding carboxylic acids is 1. The van der Waals surface area contributed by atoms with E-state index in [4.69, 9.17) is 9.72 Å². The fraction of sp³-hybridized carbons (Fsp3) is 0.385. The van der Waals surface area contributed by atoms with Crippen LogP contribution in [0.4, 0.5) is 11.4 Å². The predicted octanol–water partition coefficient (Wildman–Crippen LogP) is 3.75. The molecule has 5 heterocycles. The normalized spacial score (nSPS) is 19.7. The third-order valence-electron chi connectivity index (χ3n) is 7.29. The van der Waals surface area contributed by atoms with Gasteiger partial charge in [0.25, 0.3) is 5.56 Å². The minimum atomic E-state index is -1.83. The van der Waals surface area contributed by atoms with E-state index in [9.17, 15) is 14.7 Å². The Morgan fingerprint density at radius 3 is 2.82 bits per heavy atom. The van der Waals surface area contributed by atoms with E-state index in [1.54, 1.807) is 17.6 Å². The number of fused-ring (bicyclic) bond motifs is 5. The Hall–Kier alpha value is -3.52. The molecule has 0 saturated heterocycles. The average Bonchev–Trinajstić information content (AvgIpc) is 3.22. The van der Waals surface area contributed by atoms with Crippen molar-refractivity contribution < 1.29 is 14.6 Å². The van der Waals surface area contributed by atoms with Crippen LogP contribution in [0.25, 0.3) is 22.3 Å². The van der Waals surface area contributed by atoms with Gasteiger partial charge in [-0.3, -0.25) is 4.79 Å². The monoisotopic (exact) mass is 458 g/mol. The van der Waals surface area contributed by atoms with Crippen LogP contribution in [0.15, 0.2) is 34.1 Å². The van der Waals surface area contributed by atoms with Crippen LogP contribution < -0.4 is 10.5 Å². The molecule has 3 aromatic rings. The summed E-state index contributed by atoms with van der Waals surface area (Å²) in [5.41, 5.74) is 3.62. The van der Waals surface area contributed by atoms with E-state index in [0.717, 1.165) is 53.6 Å². The van der Waals surface area contributed by atoms with Gasteiger partial charge in [0.15, 0.2) is 5.60 Å². The second kappa shape index (κ2) is 7.50. The number of hydrogen-bond acceptors (Lipinski definition) is 7. The lowest BCUT2D eigenvalue weighted by molar-refractivity contribution is -0.172. The largest absolute Gasteiger partial charge is 0.458 e. The number of rotatable bonds is 5. The highest BCUT2D eigenvalue weighted by Gasteiger charge is 2.45. The molecule has 0 saturated carbocycles. The number of benzene rings is 1. The topological polar surface area (TPSA) is 97.0 Å². The fourth-order valence-corrected chi connectivity index (χ4v) is 5.40. The average molecular weight is 459 g/mol. The first-order chi connectivity index (χ1) is 16.5. The van der Waals surface area contributed by atoms with Gasteiger partial charge in [-0.15, -0.1) is 0 Å². The van der Waals surface area contributed by atoms with Crippen molar-refractivity contribution >= 4 is 34.6 Å². The second-order valence-electron chi connectivity index (χ2n) is 9.21. The number of cyclic esters (lactones) is 1. The van der Waals surface area contributed by atoms with Crippen molar-refractivity contribution in [1.82, 2.24) is 9.55 Å². The molecule has 0 radical (unpaired) electrons. The Balaban J connectivity index is 1.60. The zero-order valence-corrected chi connectivity index (χ0v) is 19.3. The predicted molar refractivity (Wildman–Crippen MR) is 130 cm³/mol. The Labute approximate surface area is 196 Å². The standard InChI is InChI=1S/C26H26N4O4/c1-3-5-6-10-29-14-27-18-8-7-9-19-21(18)23(29)15-12-30-20(22(15)28-19)11-17-16(24(30)31)13-34-25(32)26(17,33)4-2/h7-9,11,14,33H,3-6,10,12-13H2,1-2H3/t26-/m1/s1. The van der Waals surface area contributed by atoms with Crippen molar-refractivity contribution in [3.8, 4) is 11.4 Å². The maximum Gasteiger partial charge on any atom is 0.343 e. The number of ether oxygens (including phenoxy) is 1. The molecule has 0 bridgehead atoms. The van der Waals surface area contributed by atoms with Crippen LogP contribution in [0.1, 0.15) is 56.2 Å². The van der Waals surface area contributed by atoms with E-state index < -0.39 is 11.6 Å². The Morgan fingerprint density at radius 1 is 1.18 bits per heavy atom. The van der Waals surface area contributed by atoms with Gasteiger partial charge < -0.3 is 19.3 Å². The Morgan fingerprint density at radius 2 is 2.03 bits per heavy atom. The molecule has 1 atom stereocenters. The SMILES string of the molecule is CCCCCN1C=Nc2cccc3nc4c(c1c23)Cn1c-4cc2c(c1=O)COC(=O)[C@@]2(O)CC. The minimum Gasteiger partial charge on any atom is -0.458 e. The number of anilines is 1. The van der Waals surface area contributed by atoms with Crippen LogP contribution in [0.5, 0.6) is 0 Å². The van der Waals surface area contributed by atoms with E-state index in [-0.39, 0.29) is 18.6 Å². The first-order valence-corrected chi connectivity index (χ1v) is 11.9. The Kier molecular flexibility index (Phi) is 4.64. The molecule has 2 aromatic heterocycles. The summed E-state index contributed by atoms with van der Waals surface area (Å²) in [7, 11) is 0. The summed E-state index contributed by atoms with van der Waals surface area (Å²) >= 11 is 0. The number of aliphatic imine (C=N–C) groups is 1. The first kappa shape index (κ1) is 21.0. The van der Waals surface area contributed by atoms with Crippen LogP contribution >= 0.6 is 0 Å². The molecule has 0 fully saturated rings. The zero-order valence-electron chi connectivity index (χ0n) is 19.3. The van der Waals surface area contributed by atoms with E-state index in [2.05, 4.69) is 16.8 Å². The first-order valence-electron chi connectivity index (χ1n) is 11.9. The highest BCUT2D eigenvalue weighted by atomic mass is 16.6. The summed E-state index contributed by atoms with van der Waals surface area (Å²) < 4.78 is 6.88. The molecule has 8 nitrogen and oxygen atoms in total. The summed E-state index contributed by atoms with van der Waals surface area (Å²) in [6.45, 7) is 4.96. The summed E-state index contributed by atoms with van der Waals surface area (Å²) in [4.78, 5) is 37.8. The van der Waals surface area contributed by atoms with Gasteiger partial charge in [0.2, 0.25) is 0 Å². The number of nitrogens with zero attached hydrogens (tertiary/aromatic N) is 4. The third kappa shape index (κ3) is 2.75. The molecule has 0 aliphatic carbocycles. The van der Waals surface area contributed by atoms with Gasteiger partial charge in [-0.25, -0.2) is 14.8 Å². The summed E-state index contributed by atoms with van der Waals surface area (Å²) in [6.07, 6.45) is 5.28. The molecule has 1 N–H and O–H groups in total. The number of carbonyl (C=O) groups is 1. The highest BCUT2D eigenvalue weighted by Crippen LogP contribution is 2.46. The molecule has 1 aromatic carbocycles. The molecule has 174 valence electrons. The van der Waals surface area contributed by atoms with Crippen molar-refractivity contribution in [3.05, 3.63) is 51.3 Å². The van der Waals surface area contributed by atoms with Gasteiger partial charge in [-0.1, -0.05) is 32.8 Å². The van der Waals surface area contributed by atoms with Gasteiger partial charge in [0.05, 0.1) is 52.1 Å². The van der Waals surface area contributed by atoms with E-state index in [1.165, 1.54) is 0 Å². The molecule has 3 aliphatic heterocycles. The summed E-state index contributed by atoms with van der Waals surface area (Å²) in [6, 6.07) is 7.65. The number of aliphatic hydroxyl groups is 1. The van der Waals surface area contributed by atoms with Gasteiger partial charge in [-0.05, 0) is 31.0 Å². The van der Waals surface area contributed by atoms with Crippen molar-refractivity contribution in [1.29, 1.82) is 0 Å². The van der Waals surface area contributed by atoms with Gasteiger partial charge in [0.1, 0.15) is 6.61 Å². The van der Waals surface area contributed by atoms with Crippen LogP contribution in [0.3, 0.4) is 0 Å². The summed E-state index contributed by atoms with van der Waals surface area (Å²) in [5, 5.41) is 12.1. The fourth-order valence-electron chi connectivity index (χ4n) is 5.40.